The van der Waals surface area contributed by atoms with Crippen molar-refractivity contribution in [2.75, 3.05) is 10.8 Å². The summed E-state index contributed by atoms with van der Waals surface area (Å²) < 4.78 is 30.3. The number of sulfonamides is 1. The van der Waals surface area contributed by atoms with Gasteiger partial charge in [-0.3, -0.25) is 4.40 Å². The molecule has 0 aliphatic carbocycles. The second-order valence-electron chi connectivity index (χ2n) is 6.77. The van der Waals surface area contributed by atoms with Gasteiger partial charge in [0, 0.05) is 6.54 Å². The van der Waals surface area contributed by atoms with Crippen molar-refractivity contribution in [2.24, 2.45) is 0 Å². The SMILES string of the molecule is CCN(c1nc2ccccc2n2c(C)nnc12)S(=O)(=O)c1cc(C)ccc1C. The van der Waals surface area contributed by atoms with Crippen LogP contribution in [0.15, 0.2) is 47.4 Å². The summed E-state index contributed by atoms with van der Waals surface area (Å²) >= 11 is 0. The van der Waals surface area contributed by atoms with E-state index in [1.165, 1.54) is 4.31 Å². The number of para-hydroxylation sites is 2. The van der Waals surface area contributed by atoms with E-state index in [4.69, 9.17) is 0 Å². The number of benzene rings is 2. The van der Waals surface area contributed by atoms with Crippen LogP contribution < -0.4 is 4.31 Å². The zero-order valence-electron chi connectivity index (χ0n) is 16.2. The molecule has 0 saturated heterocycles. The highest BCUT2D eigenvalue weighted by Crippen LogP contribution is 2.30. The molecular formula is C20H21N5O2S. The van der Waals surface area contributed by atoms with Crippen molar-refractivity contribution >= 4 is 32.5 Å². The number of rotatable bonds is 4. The standard InChI is InChI=1S/C20H21N5O2S/c1-5-24(28(26,27)18-12-13(2)10-11-14(18)3)19-20-23-22-15(4)25(20)17-9-7-6-8-16(17)21-19/h6-12H,5H2,1-4H3. The Hall–Kier alpha value is -3.00. The summed E-state index contributed by atoms with van der Waals surface area (Å²) in [7, 11) is -3.82. The summed E-state index contributed by atoms with van der Waals surface area (Å²) in [5, 5.41) is 8.39. The Morgan fingerprint density at radius 3 is 2.54 bits per heavy atom. The fraction of sp³-hybridized carbons (Fsp3) is 0.250. The maximum absolute atomic E-state index is 13.6. The summed E-state index contributed by atoms with van der Waals surface area (Å²) in [6.07, 6.45) is 0. The minimum Gasteiger partial charge on any atom is -0.274 e. The predicted molar refractivity (Wildman–Crippen MR) is 109 cm³/mol. The van der Waals surface area contributed by atoms with Gasteiger partial charge >= 0.3 is 0 Å². The van der Waals surface area contributed by atoms with E-state index in [0.717, 1.165) is 11.1 Å². The van der Waals surface area contributed by atoms with E-state index in [9.17, 15) is 8.42 Å². The molecule has 0 bridgehead atoms. The molecule has 0 atom stereocenters. The van der Waals surface area contributed by atoms with Crippen molar-refractivity contribution in [1.29, 1.82) is 0 Å². The van der Waals surface area contributed by atoms with Crippen molar-refractivity contribution in [3.8, 4) is 0 Å². The average Bonchev–Trinajstić information content (AvgIpc) is 3.06. The first-order valence-electron chi connectivity index (χ1n) is 9.05. The van der Waals surface area contributed by atoms with E-state index in [2.05, 4.69) is 15.2 Å². The van der Waals surface area contributed by atoms with Gasteiger partial charge in [0.05, 0.1) is 15.9 Å². The Morgan fingerprint density at radius 1 is 1.04 bits per heavy atom. The minimum atomic E-state index is -3.82. The summed E-state index contributed by atoms with van der Waals surface area (Å²) in [6.45, 7) is 7.53. The molecule has 0 N–H and O–H groups in total. The van der Waals surface area contributed by atoms with Crippen LogP contribution >= 0.6 is 0 Å². The van der Waals surface area contributed by atoms with Gasteiger partial charge in [-0.05, 0) is 57.0 Å². The lowest BCUT2D eigenvalue weighted by atomic mass is 10.2. The molecule has 0 saturated carbocycles. The van der Waals surface area contributed by atoms with Gasteiger partial charge in [-0.25, -0.2) is 17.7 Å². The number of hydrogen-bond acceptors (Lipinski definition) is 5. The Balaban J connectivity index is 2.03. The van der Waals surface area contributed by atoms with Crippen molar-refractivity contribution in [3.63, 3.8) is 0 Å². The van der Waals surface area contributed by atoms with Gasteiger partial charge in [0.1, 0.15) is 5.82 Å². The third-order valence-electron chi connectivity index (χ3n) is 4.81. The van der Waals surface area contributed by atoms with E-state index in [1.54, 1.807) is 19.9 Å². The van der Waals surface area contributed by atoms with Crippen LogP contribution in [0.4, 0.5) is 5.82 Å². The number of nitrogens with zero attached hydrogens (tertiary/aromatic N) is 5. The van der Waals surface area contributed by atoms with Crippen molar-refractivity contribution < 1.29 is 8.42 Å². The van der Waals surface area contributed by atoms with Gasteiger partial charge < -0.3 is 0 Å². The quantitative estimate of drug-likeness (QED) is 0.529. The van der Waals surface area contributed by atoms with Crippen LogP contribution in [0.5, 0.6) is 0 Å². The van der Waals surface area contributed by atoms with E-state index in [1.807, 2.05) is 54.6 Å². The molecule has 0 spiro atoms. The Kier molecular flexibility index (Phi) is 4.30. The van der Waals surface area contributed by atoms with E-state index in [-0.39, 0.29) is 17.3 Å². The van der Waals surface area contributed by atoms with E-state index >= 15 is 0 Å². The fourth-order valence-corrected chi connectivity index (χ4v) is 5.15. The first kappa shape index (κ1) is 18.4. The van der Waals surface area contributed by atoms with Crippen LogP contribution in [-0.4, -0.2) is 34.5 Å². The molecule has 4 aromatic rings. The molecule has 4 rings (SSSR count). The molecule has 2 aromatic heterocycles. The van der Waals surface area contributed by atoms with Crippen molar-refractivity contribution in [2.45, 2.75) is 32.6 Å². The first-order chi connectivity index (χ1) is 13.3. The van der Waals surface area contributed by atoms with Gasteiger partial charge in [0.2, 0.25) is 5.65 Å². The lowest BCUT2D eigenvalue weighted by Crippen LogP contribution is -2.32. The van der Waals surface area contributed by atoms with Crippen LogP contribution in [0.25, 0.3) is 16.7 Å². The van der Waals surface area contributed by atoms with Gasteiger partial charge in [0.25, 0.3) is 10.0 Å². The molecule has 28 heavy (non-hydrogen) atoms. The third-order valence-corrected chi connectivity index (χ3v) is 6.82. The normalized spacial score (nSPS) is 12.0. The summed E-state index contributed by atoms with van der Waals surface area (Å²) in [6, 6.07) is 13.0. The smallest absolute Gasteiger partial charge is 0.265 e. The lowest BCUT2D eigenvalue weighted by Gasteiger charge is -2.23. The zero-order chi connectivity index (χ0) is 20.1. The van der Waals surface area contributed by atoms with E-state index < -0.39 is 10.0 Å². The molecule has 8 heteroatoms. The molecule has 144 valence electrons. The second-order valence-corrected chi connectivity index (χ2v) is 8.60. The number of aryl methyl sites for hydroxylation is 3. The van der Waals surface area contributed by atoms with E-state index in [0.29, 0.717) is 22.6 Å². The first-order valence-corrected chi connectivity index (χ1v) is 10.5. The van der Waals surface area contributed by atoms with Gasteiger partial charge in [-0.2, -0.15) is 0 Å². The third kappa shape index (κ3) is 2.72. The summed E-state index contributed by atoms with van der Waals surface area (Å²) in [5.74, 6) is 0.956. The number of aromatic nitrogens is 4. The zero-order valence-corrected chi connectivity index (χ0v) is 17.0. The number of anilines is 1. The van der Waals surface area contributed by atoms with Gasteiger partial charge in [0.15, 0.2) is 5.82 Å². The molecule has 0 radical (unpaired) electrons. The molecule has 0 aliphatic rings. The largest absolute Gasteiger partial charge is 0.274 e. The van der Waals surface area contributed by atoms with Gasteiger partial charge in [-0.15, -0.1) is 10.2 Å². The second kappa shape index (κ2) is 6.56. The monoisotopic (exact) mass is 395 g/mol. The Morgan fingerprint density at radius 2 is 1.79 bits per heavy atom. The molecular weight excluding hydrogens is 374 g/mol. The summed E-state index contributed by atoms with van der Waals surface area (Å²) in [5.41, 5.74) is 3.52. The predicted octanol–water partition coefficient (Wildman–Crippen LogP) is 3.42. The van der Waals surface area contributed by atoms with Crippen LogP contribution in [0, 0.1) is 20.8 Å². The Labute approximate surface area is 163 Å². The topological polar surface area (TPSA) is 80.5 Å². The lowest BCUT2D eigenvalue weighted by molar-refractivity contribution is 0.590. The molecule has 0 unspecified atom stereocenters. The molecule has 7 nitrogen and oxygen atoms in total. The molecule has 0 fully saturated rings. The maximum Gasteiger partial charge on any atom is 0.265 e. The van der Waals surface area contributed by atoms with Crippen LogP contribution in [0.1, 0.15) is 23.9 Å². The highest BCUT2D eigenvalue weighted by atomic mass is 32.2. The number of fused-ring (bicyclic) bond motifs is 3. The minimum absolute atomic E-state index is 0.225. The molecule has 2 heterocycles. The highest BCUT2D eigenvalue weighted by molar-refractivity contribution is 7.92. The maximum atomic E-state index is 13.6. The van der Waals surface area contributed by atoms with Crippen LogP contribution in [0.3, 0.4) is 0 Å². The molecule has 2 aromatic carbocycles. The van der Waals surface area contributed by atoms with Gasteiger partial charge in [-0.1, -0.05) is 24.3 Å². The molecule has 0 amide bonds. The fourth-order valence-electron chi connectivity index (χ4n) is 3.41. The van der Waals surface area contributed by atoms with Crippen molar-refractivity contribution in [3.05, 3.63) is 59.4 Å². The van der Waals surface area contributed by atoms with Crippen LogP contribution in [0.2, 0.25) is 0 Å². The number of hydrogen-bond donors (Lipinski definition) is 0. The summed E-state index contributed by atoms with van der Waals surface area (Å²) in [4.78, 5) is 4.93. The Bertz CT molecular complexity index is 1310. The van der Waals surface area contributed by atoms with Crippen molar-refractivity contribution in [1.82, 2.24) is 19.6 Å². The van der Waals surface area contributed by atoms with Crippen LogP contribution in [-0.2, 0) is 10.0 Å². The molecule has 0 aliphatic heterocycles. The average molecular weight is 395 g/mol. The highest BCUT2D eigenvalue weighted by Gasteiger charge is 2.29.